The summed E-state index contributed by atoms with van der Waals surface area (Å²) in [5, 5.41) is 2.95. The number of methoxy groups -OCH3 is 3. The standard InChI is InChI=1S/C21H26N2O4/c1-25-16-7-4-6-15(12-16)22-21(24)14-23-11-5-8-19(23)18-10-9-17(26-2)13-20(18)27-3/h4,6-7,9-10,12-13,19H,5,8,11,14H2,1-3H3,(H,22,24). The Hall–Kier alpha value is -2.73. The molecule has 0 aliphatic carbocycles. The van der Waals surface area contributed by atoms with Gasteiger partial charge in [0, 0.05) is 29.4 Å². The molecule has 6 heteroatoms. The Labute approximate surface area is 160 Å². The maximum Gasteiger partial charge on any atom is 0.238 e. The molecule has 27 heavy (non-hydrogen) atoms. The van der Waals surface area contributed by atoms with Gasteiger partial charge in [0.05, 0.1) is 27.9 Å². The Kier molecular flexibility index (Phi) is 6.19. The van der Waals surface area contributed by atoms with Crippen molar-refractivity contribution in [3.8, 4) is 17.2 Å². The lowest BCUT2D eigenvalue weighted by Gasteiger charge is -2.26. The molecule has 0 bridgehead atoms. The summed E-state index contributed by atoms with van der Waals surface area (Å²) in [7, 11) is 4.91. The van der Waals surface area contributed by atoms with Crippen molar-refractivity contribution in [2.45, 2.75) is 18.9 Å². The van der Waals surface area contributed by atoms with Gasteiger partial charge in [0.25, 0.3) is 0 Å². The van der Waals surface area contributed by atoms with Crippen LogP contribution in [-0.4, -0.2) is 45.2 Å². The summed E-state index contributed by atoms with van der Waals surface area (Å²) < 4.78 is 16.0. The van der Waals surface area contributed by atoms with Crippen molar-refractivity contribution in [3.05, 3.63) is 48.0 Å². The molecule has 2 aromatic carbocycles. The number of anilines is 1. The lowest BCUT2D eigenvalue weighted by Crippen LogP contribution is -2.33. The van der Waals surface area contributed by atoms with Crippen LogP contribution in [-0.2, 0) is 4.79 Å². The minimum Gasteiger partial charge on any atom is -0.497 e. The SMILES string of the molecule is COc1cccc(NC(=O)CN2CCCC2c2ccc(OC)cc2OC)c1. The Morgan fingerprint density at radius 3 is 2.59 bits per heavy atom. The number of nitrogens with zero attached hydrogens (tertiary/aromatic N) is 1. The molecule has 1 fully saturated rings. The molecule has 0 saturated carbocycles. The molecule has 3 rings (SSSR count). The number of carbonyl (C=O) groups excluding carboxylic acids is 1. The van der Waals surface area contributed by atoms with E-state index in [-0.39, 0.29) is 11.9 Å². The number of ether oxygens (including phenoxy) is 3. The van der Waals surface area contributed by atoms with Crippen LogP contribution in [0.15, 0.2) is 42.5 Å². The van der Waals surface area contributed by atoms with E-state index in [4.69, 9.17) is 14.2 Å². The molecule has 1 N–H and O–H groups in total. The fourth-order valence-electron chi connectivity index (χ4n) is 3.55. The summed E-state index contributed by atoms with van der Waals surface area (Å²) in [6, 6.07) is 13.4. The Balaban J connectivity index is 1.70. The fraction of sp³-hybridized carbons (Fsp3) is 0.381. The quantitative estimate of drug-likeness (QED) is 0.808. The van der Waals surface area contributed by atoms with Crippen LogP contribution in [0, 0.1) is 0 Å². The van der Waals surface area contributed by atoms with Gasteiger partial charge in [0.1, 0.15) is 17.2 Å². The number of benzene rings is 2. The minimum absolute atomic E-state index is 0.0392. The molecule has 1 unspecified atom stereocenters. The summed E-state index contributed by atoms with van der Waals surface area (Å²) in [4.78, 5) is 14.7. The number of rotatable bonds is 7. The zero-order chi connectivity index (χ0) is 19.2. The van der Waals surface area contributed by atoms with Crippen LogP contribution < -0.4 is 19.5 Å². The molecule has 0 radical (unpaired) electrons. The van der Waals surface area contributed by atoms with E-state index in [9.17, 15) is 4.79 Å². The van der Waals surface area contributed by atoms with Crippen LogP contribution in [0.25, 0.3) is 0 Å². The van der Waals surface area contributed by atoms with E-state index in [2.05, 4.69) is 10.2 Å². The maximum atomic E-state index is 12.6. The fourth-order valence-corrected chi connectivity index (χ4v) is 3.55. The number of hydrogen-bond acceptors (Lipinski definition) is 5. The zero-order valence-electron chi connectivity index (χ0n) is 16.0. The van der Waals surface area contributed by atoms with E-state index < -0.39 is 0 Å². The van der Waals surface area contributed by atoms with Gasteiger partial charge in [-0.2, -0.15) is 0 Å². The topological polar surface area (TPSA) is 60.0 Å². The second-order valence-corrected chi connectivity index (χ2v) is 6.52. The van der Waals surface area contributed by atoms with Gasteiger partial charge in [0.2, 0.25) is 5.91 Å². The largest absolute Gasteiger partial charge is 0.497 e. The van der Waals surface area contributed by atoms with Crippen molar-refractivity contribution in [1.29, 1.82) is 0 Å². The molecular weight excluding hydrogens is 344 g/mol. The number of likely N-dealkylation sites (tertiary alicyclic amines) is 1. The van der Waals surface area contributed by atoms with Crippen LogP contribution in [0.1, 0.15) is 24.4 Å². The van der Waals surface area contributed by atoms with Crippen molar-refractivity contribution < 1.29 is 19.0 Å². The highest BCUT2D eigenvalue weighted by molar-refractivity contribution is 5.92. The number of hydrogen-bond donors (Lipinski definition) is 1. The normalized spacial score (nSPS) is 16.8. The third-order valence-electron chi connectivity index (χ3n) is 4.86. The zero-order valence-corrected chi connectivity index (χ0v) is 16.0. The minimum atomic E-state index is -0.0392. The Morgan fingerprint density at radius 2 is 1.85 bits per heavy atom. The molecule has 0 aromatic heterocycles. The summed E-state index contributed by atoms with van der Waals surface area (Å²) >= 11 is 0. The molecule has 0 spiro atoms. The second-order valence-electron chi connectivity index (χ2n) is 6.52. The van der Waals surface area contributed by atoms with Crippen LogP contribution in [0.5, 0.6) is 17.2 Å². The molecule has 1 heterocycles. The predicted molar refractivity (Wildman–Crippen MR) is 105 cm³/mol. The molecule has 1 aliphatic heterocycles. The van der Waals surface area contributed by atoms with Gasteiger partial charge in [-0.05, 0) is 37.6 Å². The van der Waals surface area contributed by atoms with Crippen molar-refractivity contribution in [1.82, 2.24) is 4.90 Å². The summed E-state index contributed by atoms with van der Waals surface area (Å²) in [6.45, 7) is 1.21. The first kappa shape index (κ1) is 19.0. The van der Waals surface area contributed by atoms with Crippen molar-refractivity contribution in [3.63, 3.8) is 0 Å². The van der Waals surface area contributed by atoms with Gasteiger partial charge in [-0.25, -0.2) is 0 Å². The first-order chi connectivity index (χ1) is 13.1. The van der Waals surface area contributed by atoms with Gasteiger partial charge in [-0.1, -0.05) is 12.1 Å². The summed E-state index contributed by atoms with van der Waals surface area (Å²) in [5.41, 5.74) is 1.82. The molecule has 6 nitrogen and oxygen atoms in total. The maximum absolute atomic E-state index is 12.6. The van der Waals surface area contributed by atoms with E-state index in [0.29, 0.717) is 6.54 Å². The summed E-state index contributed by atoms with van der Waals surface area (Å²) in [6.07, 6.45) is 2.04. The number of carbonyl (C=O) groups is 1. The van der Waals surface area contributed by atoms with E-state index in [1.54, 1.807) is 21.3 Å². The van der Waals surface area contributed by atoms with Crippen molar-refractivity contribution >= 4 is 11.6 Å². The highest BCUT2D eigenvalue weighted by Gasteiger charge is 2.29. The van der Waals surface area contributed by atoms with Crippen LogP contribution >= 0.6 is 0 Å². The van der Waals surface area contributed by atoms with E-state index >= 15 is 0 Å². The van der Waals surface area contributed by atoms with Gasteiger partial charge in [-0.3, -0.25) is 9.69 Å². The Morgan fingerprint density at radius 1 is 1.07 bits per heavy atom. The first-order valence-electron chi connectivity index (χ1n) is 9.04. The molecule has 144 valence electrons. The van der Waals surface area contributed by atoms with Crippen molar-refractivity contribution in [2.75, 3.05) is 39.7 Å². The number of nitrogens with one attached hydrogen (secondary N) is 1. The lowest BCUT2D eigenvalue weighted by molar-refractivity contribution is -0.117. The molecule has 1 saturated heterocycles. The van der Waals surface area contributed by atoms with E-state index in [1.807, 2.05) is 42.5 Å². The average Bonchev–Trinajstić information content (AvgIpc) is 3.15. The van der Waals surface area contributed by atoms with E-state index in [0.717, 1.165) is 47.9 Å². The molecule has 1 amide bonds. The number of amides is 1. The molecule has 1 aliphatic rings. The predicted octanol–water partition coefficient (Wildman–Crippen LogP) is 3.49. The average molecular weight is 370 g/mol. The molecule has 2 aromatic rings. The van der Waals surface area contributed by atoms with Gasteiger partial charge in [0.15, 0.2) is 0 Å². The van der Waals surface area contributed by atoms with Crippen LogP contribution in [0.2, 0.25) is 0 Å². The Bertz CT molecular complexity index is 794. The van der Waals surface area contributed by atoms with E-state index in [1.165, 1.54) is 0 Å². The smallest absolute Gasteiger partial charge is 0.238 e. The lowest BCUT2D eigenvalue weighted by atomic mass is 10.0. The monoisotopic (exact) mass is 370 g/mol. The third kappa shape index (κ3) is 4.52. The van der Waals surface area contributed by atoms with Gasteiger partial charge in [-0.15, -0.1) is 0 Å². The first-order valence-corrected chi connectivity index (χ1v) is 9.04. The third-order valence-corrected chi connectivity index (χ3v) is 4.86. The van der Waals surface area contributed by atoms with Gasteiger partial charge < -0.3 is 19.5 Å². The van der Waals surface area contributed by atoms with Gasteiger partial charge >= 0.3 is 0 Å². The highest BCUT2D eigenvalue weighted by atomic mass is 16.5. The van der Waals surface area contributed by atoms with Crippen LogP contribution in [0.3, 0.4) is 0 Å². The molecular formula is C21H26N2O4. The van der Waals surface area contributed by atoms with Crippen LogP contribution in [0.4, 0.5) is 5.69 Å². The second kappa shape index (κ2) is 8.77. The highest BCUT2D eigenvalue weighted by Crippen LogP contribution is 2.38. The van der Waals surface area contributed by atoms with Crippen molar-refractivity contribution in [2.24, 2.45) is 0 Å². The molecule has 1 atom stereocenters. The summed E-state index contributed by atoms with van der Waals surface area (Å²) in [5.74, 6) is 2.23.